The van der Waals surface area contributed by atoms with Crippen molar-refractivity contribution in [2.45, 2.75) is 0 Å². The fraction of sp³-hybridized carbons (Fsp3) is 0.556. The van der Waals surface area contributed by atoms with Crippen LogP contribution in [0.5, 0.6) is 0 Å². The number of hydrogen-bond acceptors (Lipinski definition) is 9. The maximum atomic E-state index is 5.37. The molecule has 2 aliphatic heterocycles. The van der Waals surface area contributed by atoms with Crippen LogP contribution in [0.1, 0.15) is 0 Å². The third kappa shape index (κ3) is 4.81. The quantitative estimate of drug-likeness (QED) is 0.774. The van der Waals surface area contributed by atoms with Crippen LogP contribution in [0.25, 0.3) is 0 Å². The predicted molar refractivity (Wildman–Crippen MR) is 104 cm³/mol. The predicted octanol–water partition coefficient (Wildman–Crippen LogP) is 0.337. The fourth-order valence-electron chi connectivity index (χ4n) is 3.38. The van der Waals surface area contributed by atoms with E-state index in [0.29, 0.717) is 5.95 Å². The number of hydrogen-bond donors (Lipinski definition) is 1. The minimum Gasteiger partial charge on any atom is -0.379 e. The van der Waals surface area contributed by atoms with Crippen LogP contribution < -0.4 is 15.1 Å². The Hall–Kier alpha value is -2.52. The van der Waals surface area contributed by atoms with Gasteiger partial charge in [0.05, 0.1) is 19.4 Å². The van der Waals surface area contributed by atoms with Crippen molar-refractivity contribution >= 4 is 17.6 Å². The van der Waals surface area contributed by atoms with Crippen molar-refractivity contribution in [1.82, 2.24) is 25.1 Å². The van der Waals surface area contributed by atoms with E-state index in [2.05, 4.69) is 46.2 Å². The van der Waals surface area contributed by atoms with Gasteiger partial charge in [-0.1, -0.05) is 6.07 Å². The van der Waals surface area contributed by atoms with Gasteiger partial charge in [0, 0.05) is 58.6 Å². The molecule has 2 aromatic heterocycles. The van der Waals surface area contributed by atoms with Gasteiger partial charge < -0.3 is 19.9 Å². The molecule has 0 atom stereocenters. The lowest BCUT2D eigenvalue weighted by Crippen LogP contribution is -2.47. The van der Waals surface area contributed by atoms with E-state index >= 15 is 0 Å². The molecule has 0 bridgehead atoms. The van der Waals surface area contributed by atoms with Crippen molar-refractivity contribution < 1.29 is 4.74 Å². The summed E-state index contributed by atoms with van der Waals surface area (Å²) in [4.78, 5) is 16.0. The summed E-state index contributed by atoms with van der Waals surface area (Å²) >= 11 is 0. The lowest BCUT2D eigenvalue weighted by Gasteiger charge is -2.35. The first kappa shape index (κ1) is 17.9. The number of aromatic nitrogens is 4. The highest BCUT2D eigenvalue weighted by molar-refractivity contribution is 5.45. The van der Waals surface area contributed by atoms with Gasteiger partial charge in [-0.25, -0.2) is 4.98 Å². The van der Waals surface area contributed by atoms with Gasteiger partial charge in [0.25, 0.3) is 0 Å². The summed E-state index contributed by atoms with van der Waals surface area (Å²) in [5, 5.41) is 11.5. The Morgan fingerprint density at radius 3 is 2.48 bits per heavy atom. The number of anilines is 3. The molecule has 1 N–H and O–H groups in total. The summed E-state index contributed by atoms with van der Waals surface area (Å²) in [6.45, 7) is 8.99. The molecule has 0 aliphatic carbocycles. The smallest absolute Gasteiger partial charge is 0.244 e. The summed E-state index contributed by atoms with van der Waals surface area (Å²) in [6.07, 6.45) is 3.58. The molecule has 2 aliphatic rings. The summed E-state index contributed by atoms with van der Waals surface area (Å²) in [5.41, 5.74) is 0. The van der Waals surface area contributed by atoms with E-state index < -0.39 is 0 Å². The van der Waals surface area contributed by atoms with Gasteiger partial charge in [0.2, 0.25) is 5.95 Å². The van der Waals surface area contributed by atoms with E-state index in [9.17, 15) is 0 Å². The molecule has 0 radical (unpaired) electrons. The monoisotopic (exact) mass is 370 g/mol. The van der Waals surface area contributed by atoms with Crippen molar-refractivity contribution in [3.05, 3.63) is 30.6 Å². The molecule has 2 aromatic rings. The topological polar surface area (TPSA) is 82.5 Å². The molecule has 0 spiro atoms. The molecule has 4 rings (SSSR count). The summed E-state index contributed by atoms with van der Waals surface area (Å²) in [6, 6.07) is 6.02. The highest BCUT2D eigenvalue weighted by Gasteiger charge is 2.19. The Morgan fingerprint density at radius 2 is 1.74 bits per heavy atom. The Labute approximate surface area is 159 Å². The molecule has 144 valence electrons. The van der Waals surface area contributed by atoms with Gasteiger partial charge in [-0.15, -0.1) is 5.10 Å². The van der Waals surface area contributed by atoms with Crippen LogP contribution in [0.15, 0.2) is 30.6 Å². The highest BCUT2D eigenvalue weighted by atomic mass is 16.5. The number of nitrogens with one attached hydrogen (secondary N) is 1. The average Bonchev–Trinajstić information content (AvgIpc) is 2.76. The molecule has 2 saturated heterocycles. The maximum absolute atomic E-state index is 5.37. The van der Waals surface area contributed by atoms with Crippen molar-refractivity contribution in [2.24, 2.45) is 0 Å². The second kappa shape index (κ2) is 8.92. The molecule has 4 heterocycles. The largest absolute Gasteiger partial charge is 0.379 e. The van der Waals surface area contributed by atoms with E-state index in [1.807, 2.05) is 18.3 Å². The van der Waals surface area contributed by atoms with E-state index in [-0.39, 0.29) is 0 Å². The van der Waals surface area contributed by atoms with Crippen molar-refractivity contribution in [3.8, 4) is 0 Å². The molecular weight excluding hydrogens is 344 g/mol. The third-order valence-electron chi connectivity index (χ3n) is 4.94. The van der Waals surface area contributed by atoms with Crippen LogP contribution in [0.3, 0.4) is 0 Å². The second-order valence-corrected chi connectivity index (χ2v) is 6.68. The molecule has 2 fully saturated rings. The van der Waals surface area contributed by atoms with E-state index in [1.165, 1.54) is 0 Å². The van der Waals surface area contributed by atoms with E-state index in [0.717, 1.165) is 77.2 Å². The molecule has 27 heavy (non-hydrogen) atoms. The normalized spacial score (nSPS) is 18.5. The standard InChI is InChI=1S/C18H26N8O/c1-2-4-19-16(3-1)25-7-9-26(10-8-25)17-15-21-23-18(22-17)20-5-6-24-11-13-27-14-12-24/h1-4,15H,5-14H2,(H,20,22,23). The Balaban J connectivity index is 1.27. The van der Waals surface area contributed by atoms with Crippen LogP contribution >= 0.6 is 0 Å². The van der Waals surface area contributed by atoms with Crippen molar-refractivity contribution in [2.75, 3.05) is 80.7 Å². The SMILES string of the molecule is c1ccc(N2CCN(c3cnnc(NCCN4CCOCC4)n3)CC2)nc1. The Kier molecular flexibility index (Phi) is 5.90. The van der Waals surface area contributed by atoms with Crippen molar-refractivity contribution in [3.63, 3.8) is 0 Å². The zero-order valence-electron chi connectivity index (χ0n) is 15.5. The zero-order chi connectivity index (χ0) is 18.3. The van der Waals surface area contributed by atoms with Gasteiger partial charge in [-0.2, -0.15) is 10.1 Å². The number of nitrogens with zero attached hydrogens (tertiary/aromatic N) is 7. The van der Waals surface area contributed by atoms with Crippen LogP contribution in [-0.4, -0.2) is 90.6 Å². The summed E-state index contributed by atoms with van der Waals surface area (Å²) in [7, 11) is 0. The minimum atomic E-state index is 0.591. The second-order valence-electron chi connectivity index (χ2n) is 6.68. The van der Waals surface area contributed by atoms with Gasteiger partial charge in [-0.3, -0.25) is 4.90 Å². The van der Waals surface area contributed by atoms with Crippen LogP contribution in [0.4, 0.5) is 17.6 Å². The lowest BCUT2D eigenvalue weighted by atomic mass is 10.3. The fourth-order valence-corrected chi connectivity index (χ4v) is 3.38. The number of morpholine rings is 1. The molecular formula is C18H26N8O. The molecule has 0 unspecified atom stereocenters. The van der Waals surface area contributed by atoms with E-state index in [4.69, 9.17) is 4.74 Å². The van der Waals surface area contributed by atoms with Gasteiger partial charge in [-0.05, 0) is 12.1 Å². The molecule has 0 saturated carbocycles. The number of piperazine rings is 1. The highest BCUT2D eigenvalue weighted by Crippen LogP contribution is 2.17. The average molecular weight is 370 g/mol. The van der Waals surface area contributed by atoms with Gasteiger partial charge >= 0.3 is 0 Å². The van der Waals surface area contributed by atoms with Gasteiger partial charge in [0.1, 0.15) is 5.82 Å². The summed E-state index contributed by atoms with van der Waals surface area (Å²) in [5.74, 6) is 2.50. The first-order valence-corrected chi connectivity index (χ1v) is 9.53. The van der Waals surface area contributed by atoms with Crippen LogP contribution in [-0.2, 0) is 4.74 Å². The Morgan fingerprint density at radius 1 is 0.963 bits per heavy atom. The Bertz CT molecular complexity index is 702. The van der Waals surface area contributed by atoms with Crippen molar-refractivity contribution in [1.29, 1.82) is 0 Å². The molecule has 0 aromatic carbocycles. The first-order valence-electron chi connectivity index (χ1n) is 9.53. The summed E-state index contributed by atoms with van der Waals surface area (Å²) < 4.78 is 5.37. The zero-order valence-corrected chi connectivity index (χ0v) is 15.5. The molecule has 0 amide bonds. The number of ether oxygens (including phenoxy) is 1. The van der Waals surface area contributed by atoms with Gasteiger partial charge in [0.15, 0.2) is 5.82 Å². The van der Waals surface area contributed by atoms with E-state index in [1.54, 1.807) is 6.20 Å². The maximum Gasteiger partial charge on any atom is 0.244 e. The minimum absolute atomic E-state index is 0.591. The third-order valence-corrected chi connectivity index (χ3v) is 4.94. The van der Waals surface area contributed by atoms with Crippen LogP contribution in [0, 0.1) is 0 Å². The molecule has 9 nitrogen and oxygen atoms in total. The molecule has 9 heteroatoms. The number of rotatable bonds is 6. The number of pyridine rings is 1. The first-order chi connectivity index (χ1) is 13.4. The lowest BCUT2D eigenvalue weighted by molar-refractivity contribution is 0.0398. The van der Waals surface area contributed by atoms with Crippen LogP contribution in [0.2, 0.25) is 0 Å².